The van der Waals surface area contributed by atoms with E-state index in [0.717, 1.165) is 10.6 Å². The van der Waals surface area contributed by atoms with Gasteiger partial charge in [-0.25, -0.2) is 9.97 Å². The van der Waals surface area contributed by atoms with Crippen molar-refractivity contribution in [3.8, 4) is 11.4 Å². The molecule has 0 fully saturated rings. The van der Waals surface area contributed by atoms with E-state index < -0.39 is 17.4 Å². The summed E-state index contributed by atoms with van der Waals surface area (Å²) in [6.45, 7) is 1.72. The first-order valence-corrected chi connectivity index (χ1v) is 8.33. The van der Waals surface area contributed by atoms with Crippen LogP contribution in [0, 0.1) is 6.92 Å². The number of benzene rings is 1. The highest BCUT2D eigenvalue weighted by atomic mass is 19.4. The smallest absolute Gasteiger partial charge is 0.433 e. The summed E-state index contributed by atoms with van der Waals surface area (Å²) in [6, 6.07) is 8.72. The van der Waals surface area contributed by atoms with Gasteiger partial charge in [0.1, 0.15) is 22.9 Å². The normalized spacial score (nSPS) is 12.1. The average molecular weight is 388 g/mol. The summed E-state index contributed by atoms with van der Waals surface area (Å²) >= 11 is 0. The van der Waals surface area contributed by atoms with Crippen molar-refractivity contribution in [1.29, 1.82) is 0 Å². The number of aromatic nitrogens is 4. The number of rotatable bonds is 2. The fourth-order valence-electron chi connectivity index (χ4n) is 3.22. The molecule has 3 heterocycles. The number of aryl methyl sites for hydroxylation is 2. The highest BCUT2D eigenvalue weighted by Gasteiger charge is 2.33. The Morgan fingerprint density at radius 2 is 1.86 bits per heavy atom. The molecule has 0 bridgehead atoms. The lowest BCUT2D eigenvalue weighted by Gasteiger charge is -2.14. The van der Waals surface area contributed by atoms with E-state index >= 15 is 0 Å². The maximum Gasteiger partial charge on any atom is 0.433 e. The summed E-state index contributed by atoms with van der Waals surface area (Å²) in [5, 5.41) is 0.397. The van der Waals surface area contributed by atoms with Gasteiger partial charge in [0.2, 0.25) is 0 Å². The van der Waals surface area contributed by atoms with Gasteiger partial charge in [0, 0.05) is 18.5 Å². The van der Waals surface area contributed by atoms with E-state index in [4.69, 9.17) is 4.74 Å². The molecule has 6 nitrogen and oxygen atoms in total. The van der Waals surface area contributed by atoms with E-state index in [-0.39, 0.29) is 11.2 Å². The van der Waals surface area contributed by atoms with E-state index in [9.17, 15) is 18.0 Å². The quantitative estimate of drug-likeness (QED) is 0.526. The fraction of sp³-hybridized carbons (Fsp3) is 0.211. The number of imidazole rings is 1. The Kier molecular flexibility index (Phi) is 3.91. The Morgan fingerprint density at radius 1 is 1.11 bits per heavy atom. The van der Waals surface area contributed by atoms with Crippen LogP contribution in [0.25, 0.3) is 27.8 Å². The monoisotopic (exact) mass is 388 g/mol. The van der Waals surface area contributed by atoms with Crippen LogP contribution in [0.1, 0.15) is 11.5 Å². The van der Waals surface area contributed by atoms with Gasteiger partial charge in [-0.2, -0.15) is 13.2 Å². The molecule has 0 spiro atoms. The lowest BCUT2D eigenvalue weighted by molar-refractivity contribution is -0.141. The van der Waals surface area contributed by atoms with Gasteiger partial charge in [0.05, 0.1) is 18.3 Å². The predicted molar refractivity (Wildman–Crippen MR) is 97.9 cm³/mol. The van der Waals surface area contributed by atoms with Gasteiger partial charge in [0.15, 0.2) is 5.52 Å². The maximum atomic E-state index is 13.3. The molecule has 3 aromatic heterocycles. The summed E-state index contributed by atoms with van der Waals surface area (Å²) in [5.74, 6) is 1.03. The first-order chi connectivity index (χ1) is 13.2. The lowest BCUT2D eigenvalue weighted by Crippen LogP contribution is -2.21. The second kappa shape index (κ2) is 6.08. The molecule has 144 valence electrons. The number of hydrogen-bond donors (Lipinski definition) is 0. The summed E-state index contributed by atoms with van der Waals surface area (Å²) in [5.41, 5.74) is -0.773. The van der Waals surface area contributed by atoms with Crippen LogP contribution in [0.4, 0.5) is 13.2 Å². The Balaban J connectivity index is 2.22. The third-order valence-electron chi connectivity index (χ3n) is 4.67. The zero-order valence-electron chi connectivity index (χ0n) is 15.2. The Bertz CT molecular complexity index is 1290. The van der Waals surface area contributed by atoms with E-state index in [0.29, 0.717) is 28.2 Å². The van der Waals surface area contributed by atoms with Gasteiger partial charge in [-0.15, -0.1) is 0 Å². The third kappa shape index (κ3) is 2.62. The molecule has 1 aromatic carbocycles. The van der Waals surface area contributed by atoms with Crippen molar-refractivity contribution in [2.75, 3.05) is 7.11 Å². The molecular weight excluding hydrogens is 373 g/mol. The first kappa shape index (κ1) is 18.0. The van der Waals surface area contributed by atoms with Crippen LogP contribution in [-0.4, -0.2) is 26.2 Å². The number of halogens is 3. The fourth-order valence-corrected chi connectivity index (χ4v) is 3.22. The molecule has 4 aromatic rings. The molecule has 0 aliphatic rings. The summed E-state index contributed by atoms with van der Waals surface area (Å²) in [4.78, 5) is 21.3. The minimum Gasteiger partial charge on any atom is -0.497 e. The summed E-state index contributed by atoms with van der Waals surface area (Å²) < 4.78 is 47.8. The number of pyridine rings is 2. The van der Waals surface area contributed by atoms with Crippen LogP contribution in [-0.2, 0) is 13.2 Å². The average Bonchev–Trinajstić information content (AvgIpc) is 2.96. The van der Waals surface area contributed by atoms with Gasteiger partial charge >= 0.3 is 6.18 Å². The lowest BCUT2D eigenvalue weighted by atomic mass is 10.2. The molecule has 0 aliphatic heterocycles. The molecule has 0 saturated carbocycles. The molecular formula is C19H15F3N4O2. The topological polar surface area (TPSA) is 61.9 Å². The van der Waals surface area contributed by atoms with Crippen molar-refractivity contribution in [2.45, 2.75) is 13.1 Å². The zero-order chi connectivity index (χ0) is 20.2. The van der Waals surface area contributed by atoms with Crippen LogP contribution in [0.5, 0.6) is 5.75 Å². The summed E-state index contributed by atoms with van der Waals surface area (Å²) in [7, 11) is 3.17. The molecule has 9 heteroatoms. The molecule has 0 N–H and O–H groups in total. The Morgan fingerprint density at radius 3 is 2.54 bits per heavy atom. The first-order valence-electron chi connectivity index (χ1n) is 8.33. The SMILES string of the molecule is COc1cccc(-n2c(=O)c3nc(C)n(C)c3c3ccc(C(F)(F)F)nc32)c1. The van der Waals surface area contributed by atoms with Crippen LogP contribution < -0.4 is 10.3 Å². The van der Waals surface area contributed by atoms with Crippen molar-refractivity contribution < 1.29 is 17.9 Å². The minimum absolute atomic E-state index is 0.0939. The van der Waals surface area contributed by atoms with E-state index in [2.05, 4.69) is 9.97 Å². The minimum atomic E-state index is -4.64. The maximum absolute atomic E-state index is 13.3. The highest BCUT2D eigenvalue weighted by Crippen LogP contribution is 2.31. The number of methoxy groups -OCH3 is 1. The molecule has 0 unspecified atom stereocenters. The molecule has 0 radical (unpaired) electrons. The number of hydrogen-bond acceptors (Lipinski definition) is 4. The van der Waals surface area contributed by atoms with Gasteiger partial charge in [-0.1, -0.05) is 6.07 Å². The van der Waals surface area contributed by atoms with Crippen LogP contribution in [0.2, 0.25) is 0 Å². The van der Waals surface area contributed by atoms with E-state index in [1.54, 1.807) is 42.8 Å². The summed E-state index contributed by atoms with van der Waals surface area (Å²) in [6.07, 6.45) is -4.64. The van der Waals surface area contributed by atoms with Crippen LogP contribution in [0.3, 0.4) is 0 Å². The van der Waals surface area contributed by atoms with E-state index in [1.165, 1.54) is 13.2 Å². The number of ether oxygens (including phenoxy) is 1. The molecule has 0 aliphatic carbocycles. The third-order valence-corrected chi connectivity index (χ3v) is 4.67. The molecule has 4 rings (SSSR count). The second-order valence-corrected chi connectivity index (χ2v) is 6.32. The zero-order valence-corrected chi connectivity index (χ0v) is 15.2. The number of fused-ring (bicyclic) bond motifs is 3. The van der Waals surface area contributed by atoms with E-state index in [1.807, 2.05) is 0 Å². The van der Waals surface area contributed by atoms with Gasteiger partial charge in [-0.3, -0.25) is 9.36 Å². The standard InChI is InChI=1S/C19H15F3N4O2/c1-10-23-15-16(25(10)2)13-7-8-14(19(20,21)22)24-17(13)26(18(15)27)11-5-4-6-12(9-11)28-3/h4-9H,1-3H3. The second-order valence-electron chi connectivity index (χ2n) is 6.32. The number of alkyl halides is 3. The molecule has 0 amide bonds. The van der Waals surface area contributed by atoms with Crippen molar-refractivity contribution in [2.24, 2.45) is 7.05 Å². The van der Waals surface area contributed by atoms with Gasteiger partial charge in [-0.05, 0) is 31.2 Å². The molecule has 0 atom stereocenters. The number of nitrogens with zero attached hydrogens (tertiary/aromatic N) is 4. The molecule has 28 heavy (non-hydrogen) atoms. The predicted octanol–water partition coefficient (Wildman–Crippen LogP) is 3.61. The Labute approximate surface area is 156 Å². The van der Waals surface area contributed by atoms with Gasteiger partial charge in [0.25, 0.3) is 5.56 Å². The largest absolute Gasteiger partial charge is 0.497 e. The highest BCUT2D eigenvalue weighted by molar-refractivity contribution is 6.01. The van der Waals surface area contributed by atoms with Crippen LogP contribution >= 0.6 is 0 Å². The van der Waals surface area contributed by atoms with Crippen molar-refractivity contribution in [3.63, 3.8) is 0 Å². The van der Waals surface area contributed by atoms with Crippen LogP contribution in [0.15, 0.2) is 41.2 Å². The van der Waals surface area contributed by atoms with Crippen molar-refractivity contribution in [1.82, 2.24) is 19.1 Å². The van der Waals surface area contributed by atoms with Crippen molar-refractivity contribution in [3.05, 3.63) is 58.3 Å². The Hall–Kier alpha value is -3.36. The molecule has 0 saturated heterocycles. The van der Waals surface area contributed by atoms with Gasteiger partial charge < -0.3 is 9.30 Å². The van der Waals surface area contributed by atoms with Crippen molar-refractivity contribution >= 4 is 22.1 Å².